The van der Waals surface area contributed by atoms with Crippen molar-refractivity contribution >= 4 is 39.1 Å². The highest BCUT2D eigenvalue weighted by molar-refractivity contribution is 7.89. The van der Waals surface area contributed by atoms with Crippen molar-refractivity contribution in [2.45, 2.75) is 31.8 Å². The normalized spacial score (nSPS) is 11.5. The van der Waals surface area contributed by atoms with E-state index in [-0.39, 0.29) is 18.0 Å². The number of hydrogen-bond donors (Lipinski definition) is 1. The summed E-state index contributed by atoms with van der Waals surface area (Å²) in [6.07, 6.45) is 0. The van der Waals surface area contributed by atoms with Crippen molar-refractivity contribution < 1.29 is 13.2 Å². The Labute approximate surface area is 199 Å². The number of carbonyl (C=O) groups is 1. The molecule has 0 fully saturated rings. The number of rotatable bonds is 8. The van der Waals surface area contributed by atoms with Gasteiger partial charge in [-0.25, -0.2) is 8.42 Å². The quantitative estimate of drug-likeness (QED) is 0.476. The number of hydrogen-bond acceptors (Lipinski definition) is 3. The summed E-state index contributed by atoms with van der Waals surface area (Å²) in [5, 5.41) is 3.50. The second-order valence-electron chi connectivity index (χ2n) is 7.60. The van der Waals surface area contributed by atoms with Crippen molar-refractivity contribution in [3.8, 4) is 0 Å². The number of amides is 1. The lowest BCUT2D eigenvalue weighted by molar-refractivity contribution is -0.121. The average Bonchev–Trinajstić information content (AvgIpc) is 2.75. The van der Waals surface area contributed by atoms with Gasteiger partial charge in [-0.15, -0.1) is 0 Å². The summed E-state index contributed by atoms with van der Waals surface area (Å²) in [6.45, 7) is 3.81. The maximum Gasteiger partial charge on any atom is 0.243 e. The van der Waals surface area contributed by atoms with Crippen molar-refractivity contribution in [3.63, 3.8) is 0 Å². The van der Waals surface area contributed by atoms with E-state index in [0.29, 0.717) is 22.2 Å². The Hall–Kier alpha value is -2.38. The van der Waals surface area contributed by atoms with Crippen LogP contribution in [-0.4, -0.2) is 25.2 Å². The van der Waals surface area contributed by atoms with E-state index in [0.717, 1.165) is 21.0 Å². The molecule has 0 bridgehead atoms. The highest BCUT2D eigenvalue weighted by atomic mass is 35.5. The molecule has 3 aromatic rings. The number of aryl methyl sites for hydroxylation is 2. The molecule has 0 aliphatic carbocycles. The van der Waals surface area contributed by atoms with E-state index in [4.69, 9.17) is 23.2 Å². The summed E-state index contributed by atoms with van der Waals surface area (Å²) in [5.74, 6) is -0.401. The van der Waals surface area contributed by atoms with Crippen LogP contribution >= 0.6 is 23.2 Å². The molecule has 1 amide bonds. The number of nitrogens with zero attached hydrogens (tertiary/aromatic N) is 1. The van der Waals surface area contributed by atoms with Crippen LogP contribution in [0.5, 0.6) is 0 Å². The van der Waals surface area contributed by atoms with Gasteiger partial charge >= 0.3 is 0 Å². The molecule has 0 saturated heterocycles. The van der Waals surface area contributed by atoms with Gasteiger partial charge in [-0.1, -0.05) is 76.8 Å². The van der Waals surface area contributed by atoms with E-state index in [1.165, 1.54) is 12.1 Å². The summed E-state index contributed by atoms with van der Waals surface area (Å²) in [6, 6.07) is 19.2. The molecule has 3 aromatic carbocycles. The Bertz CT molecular complexity index is 1210. The van der Waals surface area contributed by atoms with Crippen LogP contribution in [0.25, 0.3) is 0 Å². The molecular weight excluding hydrogens is 467 g/mol. The summed E-state index contributed by atoms with van der Waals surface area (Å²) in [4.78, 5) is 12.8. The SMILES string of the molecule is Cc1ccc(S(=O)(=O)N(CC(=O)NCc2cccc(C)c2)Cc2ccc(Cl)c(Cl)c2)cc1. The molecular formula is C24H24Cl2N2O3S. The molecule has 0 spiro atoms. The second kappa shape index (κ2) is 10.5. The molecule has 0 aliphatic heterocycles. The van der Waals surface area contributed by atoms with Crippen molar-refractivity contribution in [3.05, 3.63) is 99.0 Å². The molecule has 32 heavy (non-hydrogen) atoms. The zero-order valence-electron chi connectivity index (χ0n) is 17.8. The highest BCUT2D eigenvalue weighted by Gasteiger charge is 2.27. The van der Waals surface area contributed by atoms with Crippen LogP contribution < -0.4 is 5.32 Å². The molecule has 0 atom stereocenters. The van der Waals surface area contributed by atoms with E-state index in [1.807, 2.05) is 38.1 Å². The monoisotopic (exact) mass is 490 g/mol. The number of benzene rings is 3. The largest absolute Gasteiger partial charge is 0.351 e. The first-order valence-corrected chi connectivity index (χ1v) is 12.2. The fraction of sp³-hybridized carbons (Fsp3) is 0.208. The fourth-order valence-electron chi connectivity index (χ4n) is 3.17. The third kappa shape index (κ3) is 6.33. The molecule has 0 radical (unpaired) electrons. The van der Waals surface area contributed by atoms with Crippen molar-refractivity contribution in [1.29, 1.82) is 0 Å². The smallest absolute Gasteiger partial charge is 0.243 e. The molecule has 3 rings (SSSR count). The first-order valence-electron chi connectivity index (χ1n) is 9.98. The van der Waals surface area contributed by atoms with Gasteiger partial charge in [0.2, 0.25) is 15.9 Å². The van der Waals surface area contributed by atoms with Crippen molar-refractivity contribution in [2.75, 3.05) is 6.54 Å². The average molecular weight is 491 g/mol. The van der Waals surface area contributed by atoms with Crippen LogP contribution in [0.3, 0.4) is 0 Å². The number of sulfonamides is 1. The van der Waals surface area contributed by atoms with Crippen LogP contribution in [0.15, 0.2) is 71.6 Å². The first-order chi connectivity index (χ1) is 15.1. The number of carbonyl (C=O) groups excluding carboxylic acids is 1. The van der Waals surface area contributed by atoms with Gasteiger partial charge in [0.15, 0.2) is 0 Å². The summed E-state index contributed by atoms with van der Waals surface area (Å²) in [5.41, 5.74) is 3.59. The molecule has 0 heterocycles. The van der Waals surface area contributed by atoms with Gasteiger partial charge < -0.3 is 5.32 Å². The summed E-state index contributed by atoms with van der Waals surface area (Å²) < 4.78 is 27.8. The lowest BCUT2D eigenvalue weighted by Crippen LogP contribution is -2.40. The van der Waals surface area contributed by atoms with Crippen molar-refractivity contribution in [2.24, 2.45) is 0 Å². The minimum absolute atomic E-state index is 0.0229. The summed E-state index contributed by atoms with van der Waals surface area (Å²) in [7, 11) is -3.93. The van der Waals surface area contributed by atoms with Crippen LogP contribution in [0, 0.1) is 13.8 Å². The van der Waals surface area contributed by atoms with E-state index in [1.54, 1.807) is 30.3 Å². The predicted octanol–water partition coefficient (Wildman–Crippen LogP) is 5.12. The van der Waals surface area contributed by atoms with Crippen LogP contribution in [0.4, 0.5) is 0 Å². The van der Waals surface area contributed by atoms with E-state index < -0.39 is 15.9 Å². The minimum atomic E-state index is -3.93. The second-order valence-corrected chi connectivity index (χ2v) is 10.4. The van der Waals surface area contributed by atoms with Gasteiger partial charge in [-0.3, -0.25) is 4.79 Å². The topological polar surface area (TPSA) is 66.5 Å². The Morgan fingerprint density at radius 2 is 1.59 bits per heavy atom. The van der Waals surface area contributed by atoms with Crippen LogP contribution in [-0.2, 0) is 27.9 Å². The maximum absolute atomic E-state index is 13.3. The molecule has 0 aliphatic rings. The lowest BCUT2D eigenvalue weighted by Gasteiger charge is -2.22. The van der Waals surface area contributed by atoms with E-state index >= 15 is 0 Å². The maximum atomic E-state index is 13.3. The zero-order chi connectivity index (χ0) is 23.3. The molecule has 0 saturated carbocycles. The Balaban J connectivity index is 1.82. The Morgan fingerprint density at radius 1 is 0.875 bits per heavy atom. The highest BCUT2D eigenvalue weighted by Crippen LogP contribution is 2.25. The number of nitrogens with one attached hydrogen (secondary N) is 1. The van der Waals surface area contributed by atoms with Gasteiger partial charge in [-0.2, -0.15) is 4.31 Å². The fourth-order valence-corrected chi connectivity index (χ4v) is 4.87. The van der Waals surface area contributed by atoms with Crippen molar-refractivity contribution in [1.82, 2.24) is 9.62 Å². The third-order valence-electron chi connectivity index (χ3n) is 4.89. The molecule has 0 aromatic heterocycles. The van der Waals surface area contributed by atoms with Crippen LogP contribution in [0.1, 0.15) is 22.3 Å². The Morgan fingerprint density at radius 3 is 2.25 bits per heavy atom. The Kier molecular flexibility index (Phi) is 7.96. The molecule has 8 heteroatoms. The third-order valence-corrected chi connectivity index (χ3v) is 7.44. The van der Waals surface area contributed by atoms with Gasteiger partial charge in [-0.05, 0) is 49.2 Å². The summed E-state index contributed by atoms with van der Waals surface area (Å²) >= 11 is 12.1. The molecule has 1 N–H and O–H groups in total. The van der Waals surface area contributed by atoms with E-state index in [2.05, 4.69) is 5.32 Å². The molecule has 5 nitrogen and oxygen atoms in total. The van der Waals surface area contributed by atoms with Crippen LogP contribution in [0.2, 0.25) is 10.0 Å². The zero-order valence-corrected chi connectivity index (χ0v) is 20.1. The molecule has 0 unspecified atom stereocenters. The van der Waals surface area contributed by atoms with Gasteiger partial charge in [0.25, 0.3) is 0 Å². The predicted molar refractivity (Wildman–Crippen MR) is 128 cm³/mol. The lowest BCUT2D eigenvalue weighted by atomic mass is 10.1. The van der Waals surface area contributed by atoms with Gasteiger partial charge in [0.1, 0.15) is 0 Å². The number of halogens is 2. The van der Waals surface area contributed by atoms with E-state index in [9.17, 15) is 13.2 Å². The first kappa shape index (κ1) is 24.3. The van der Waals surface area contributed by atoms with Gasteiger partial charge in [0.05, 0.1) is 21.5 Å². The standard InChI is InChI=1S/C24H24Cl2N2O3S/c1-17-6-9-21(10-7-17)32(30,31)28(15-20-8-11-22(25)23(26)13-20)16-24(29)27-14-19-5-3-4-18(2)12-19/h3-13H,14-16H2,1-2H3,(H,27,29). The minimum Gasteiger partial charge on any atom is -0.351 e. The molecule has 168 valence electrons. The van der Waals surface area contributed by atoms with Gasteiger partial charge in [0, 0.05) is 13.1 Å².